The van der Waals surface area contributed by atoms with E-state index < -0.39 is 11.7 Å². The van der Waals surface area contributed by atoms with Gasteiger partial charge in [-0.3, -0.25) is 5.10 Å². The third kappa shape index (κ3) is 1.71. The van der Waals surface area contributed by atoms with Crippen molar-refractivity contribution in [2.75, 3.05) is 0 Å². The Balaban J connectivity index is 2.83. The average molecular weight is 293 g/mol. The molecule has 0 atom stereocenters. The Morgan fingerprint density at radius 3 is 2.69 bits per heavy atom. The lowest BCUT2D eigenvalue weighted by atomic mass is 10.0. The van der Waals surface area contributed by atoms with Crippen LogP contribution in [0.1, 0.15) is 18.1 Å². The molecule has 1 aromatic carbocycles. The summed E-state index contributed by atoms with van der Waals surface area (Å²) in [6, 6.07) is 1.10. The van der Waals surface area contributed by atoms with E-state index in [1.807, 2.05) is 6.92 Å². The molecule has 0 saturated heterocycles. The average Bonchev–Trinajstić information content (AvgIpc) is 2.63. The van der Waals surface area contributed by atoms with Gasteiger partial charge in [-0.05, 0) is 18.1 Å². The molecular weight excluding hydrogens is 285 g/mol. The normalized spacial score (nSPS) is 12.3. The van der Waals surface area contributed by atoms with Crippen molar-refractivity contribution in [1.82, 2.24) is 10.2 Å². The summed E-state index contributed by atoms with van der Waals surface area (Å²) in [6.45, 7) is 1.89. The molecule has 1 N–H and O–H groups in total. The fourth-order valence-electron chi connectivity index (χ4n) is 1.72. The van der Waals surface area contributed by atoms with Crippen LogP contribution in [0, 0.1) is 0 Å². The summed E-state index contributed by atoms with van der Waals surface area (Å²) >= 11 is 3.16. The molecule has 0 aliphatic heterocycles. The molecule has 1 heterocycles. The highest BCUT2D eigenvalue weighted by molar-refractivity contribution is 9.10. The van der Waals surface area contributed by atoms with Gasteiger partial charge in [0.15, 0.2) is 0 Å². The first kappa shape index (κ1) is 11.4. The summed E-state index contributed by atoms with van der Waals surface area (Å²) in [5.74, 6) is 0. The third-order valence-corrected chi connectivity index (χ3v) is 3.16. The molecular formula is C10H8BrF3N2. The number of aromatic amines is 1. The number of H-pyrrole nitrogens is 1. The van der Waals surface area contributed by atoms with Gasteiger partial charge in [0.1, 0.15) is 0 Å². The Hall–Kier alpha value is -1.04. The number of hydrogen-bond donors (Lipinski definition) is 1. The van der Waals surface area contributed by atoms with Crippen LogP contribution < -0.4 is 0 Å². The number of aryl methyl sites for hydroxylation is 1. The number of nitrogens with zero attached hydrogens (tertiary/aromatic N) is 1. The lowest BCUT2D eigenvalue weighted by Gasteiger charge is -2.11. The summed E-state index contributed by atoms with van der Waals surface area (Å²) in [5, 5.41) is 6.60. The monoisotopic (exact) mass is 292 g/mol. The minimum atomic E-state index is -4.38. The van der Waals surface area contributed by atoms with Crippen LogP contribution in [0.15, 0.2) is 16.7 Å². The van der Waals surface area contributed by atoms with Gasteiger partial charge >= 0.3 is 6.18 Å². The first-order valence-electron chi connectivity index (χ1n) is 4.66. The number of aromatic nitrogens is 2. The number of benzene rings is 1. The molecule has 86 valence electrons. The van der Waals surface area contributed by atoms with Crippen molar-refractivity contribution in [3.05, 3.63) is 27.9 Å². The van der Waals surface area contributed by atoms with Gasteiger partial charge in [-0.1, -0.05) is 22.9 Å². The van der Waals surface area contributed by atoms with Crippen LogP contribution in [0.25, 0.3) is 10.9 Å². The van der Waals surface area contributed by atoms with Gasteiger partial charge in [0.25, 0.3) is 0 Å². The zero-order valence-corrected chi connectivity index (χ0v) is 9.91. The number of alkyl halides is 3. The number of nitrogens with one attached hydrogen (secondary N) is 1. The van der Waals surface area contributed by atoms with Gasteiger partial charge in [0.05, 0.1) is 17.3 Å². The third-order valence-electron chi connectivity index (χ3n) is 2.45. The fourth-order valence-corrected chi connectivity index (χ4v) is 2.44. The van der Waals surface area contributed by atoms with Crippen LogP contribution >= 0.6 is 15.9 Å². The number of rotatable bonds is 1. The maximum absolute atomic E-state index is 12.7. The van der Waals surface area contributed by atoms with E-state index in [4.69, 9.17) is 0 Å². The number of hydrogen-bond acceptors (Lipinski definition) is 1. The van der Waals surface area contributed by atoms with Gasteiger partial charge in [-0.15, -0.1) is 0 Å². The smallest absolute Gasteiger partial charge is 0.277 e. The van der Waals surface area contributed by atoms with E-state index in [1.165, 1.54) is 6.20 Å². The second-order valence-corrected chi connectivity index (χ2v) is 4.25. The van der Waals surface area contributed by atoms with Crippen LogP contribution in [0.2, 0.25) is 0 Å². The summed E-state index contributed by atoms with van der Waals surface area (Å²) in [6.07, 6.45) is -2.30. The molecule has 16 heavy (non-hydrogen) atoms. The first-order valence-corrected chi connectivity index (χ1v) is 5.46. The summed E-state index contributed by atoms with van der Waals surface area (Å²) in [7, 11) is 0. The summed E-state index contributed by atoms with van der Waals surface area (Å²) in [4.78, 5) is 0. The van der Waals surface area contributed by atoms with Crippen LogP contribution in [0.3, 0.4) is 0 Å². The molecule has 0 aliphatic rings. The van der Waals surface area contributed by atoms with Crippen molar-refractivity contribution in [2.24, 2.45) is 0 Å². The maximum atomic E-state index is 12.7. The molecule has 0 saturated carbocycles. The van der Waals surface area contributed by atoms with Crippen molar-refractivity contribution in [2.45, 2.75) is 19.5 Å². The SMILES string of the molecule is CCc1c(Br)cc(C(F)(F)F)c2[nH]ncc12. The molecule has 0 radical (unpaired) electrons. The van der Waals surface area contributed by atoms with Gasteiger partial charge in [-0.25, -0.2) is 0 Å². The molecule has 0 fully saturated rings. The van der Waals surface area contributed by atoms with Crippen LogP contribution in [0.5, 0.6) is 0 Å². The fraction of sp³-hybridized carbons (Fsp3) is 0.300. The van der Waals surface area contributed by atoms with E-state index in [9.17, 15) is 13.2 Å². The van der Waals surface area contributed by atoms with Gasteiger partial charge < -0.3 is 0 Å². The van der Waals surface area contributed by atoms with Crippen molar-refractivity contribution < 1.29 is 13.2 Å². The van der Waals surface area contributed by atoms with E-state index >= 15 is 0 Å². The van der Waals surface area contributed by atoms with Crippen LogP contribution in [-0.2, 0) is 12.6 Å². The Labute approximate surface area is 98.0 Å². The highest BCUT2D eigenvalue weighted by atomic mass is 79.9. The van der Waals surface area contributed by atoms with Gasteiger partial charge in [0.2, 0.25) is 0 Å². The molecule has 0 bridgehead atoms. The Morgan fingerprint density at radius 1 is 1.44 bits per heavy atom. The Kier molecular flexibility index (Phi) is 2.69. The maximum Gasteiger partial charge on any atom is 0.418 e. The number of fused-ring (bicyclic) bond motifs is 1. The topological polar surface area (TPSA) is 28.7 Å². The van der Waals surface area contributed by atoms with Gasteiger partial charge in [-0.2, -0.15) is 18.3 Å². The second-order valence-electron chi connectivity index (χ2n) is 3.39. The largest absolute Gasteiger partial charge is 0.418 e. The predicted molar refractivity (Wildman–Crippen MR) is 58.2 cm³/mol. The molecule has 0 unspecified atom stereocenters. The number of halogens is 4. The first-order chi connectivity index (χ1) is 7.45. The molecule has 0 aliphatic carbocycles. The van der Waals surface area contributed by atoms with E-state index in [0.29, 0.717) is 16.3 Å². The second kappa shape index (κ2) is 3.76. The Morgan fingerprint density at radius 2 is 2.12 bits per heavy atom. The van der Waals surface area contributed by atoms with Crippen LogP contribution in [-0.4, -0.2) is 10.2 Å². The lowest BCUT2D eigenvalue weighted by Crippen LogP contribution is -2.07. The Bertz CT molecular complexity index is 531. The predicted octanol–water partition coefficient (Wildman–Crippen LogP) is 3.91. The molecule has 0 amide bonds. The molecule has 2 nitrogen and oxygen atoms in total. The minimum absolute atomic E-state index is 0.0487. The van der Waals surface area contributed by atoms with E-state index in [2.05, 4.69) is 26.1 Å². The minimum Gasteiger partial charge on any atom is -0.277 e. The standard InChI is InChI=1S/C10H8BrF3N2/c1-2-5-6-4-15-16-9(6)7(3-8(5)11)10(12,13)14/h3-4H,2H2,1H3,(H,15,16). The van der Waals surface area contributed by atoms with Crippen molar-refractivity contribution in [3.8, 4) is 0 Å². The zero-order valence-electron chi connectivity index (χ0n) is 8.32. The highest BCUT2D eigenvalue weighted by Gasteiger charge is 2.34. The quantitative estimate of drug-likeness (QED) is 0.848. The summed E-state index contributed by atoms with van der Waals surface area (Å²) < 4.78 is 38.7. The van der Waals surface area contributed by atoms with E-state index in [-0.39, 0.29) is 5.52 Å². The zero-order chi connectivity index (χ0) is 11.9. The van der Waals surface area contributed by atoms with E-state index in [0.717, 1.165) is 11.6 Å². The molecule has 2 aromatic rings. The molecule has 1 aromatic heterocycles. The van der Waals surface area contributed by atoms with E-state index in [1.54, 1.807) is 0 Å². The van der Waals surface area contributed by atoms with Gasteiger partial charge in [0, 0.05) is 9.86 Å². The van der Waals surface area contributed by atoms with Crippen LogP contribution in [0.4, 0.5) is 13.2 Å². The highest BCUT2D eigenvalue weighted by Crippen LogP contribution is 2.38. The van der Waals surface area contributed by atoms with Crippen molar-refractivity contribution in [3.63, 3.8) is 0 Å². The molecule has 0 spiro atoms. The van der Waals surface area contributed by atoms with Crippen molar-refractivity contribution >= 4 is 26.8 Å². The lowest BCUT2D eigenvalue weighted by molar-refractivity contribution is -0.136. The van der Waals surface area contributed by atoms with Crippen molar-refractivity contribution in [1.29, 1.82) is 0 Å². The summed E-state index contributed by atoms with van der Waals surface area (Å²) in [5.41, 5.74) is 0.188. The molecule has 6 heteroatoms. The molecule has 2 rings (SSSR count).